The Hall–Kier alpha value is -3.32. The van der Waals surface area contributed by atoms with Gasteiger partial charge in [-0.2, -0.15) is 0 Å². The molecule has 0 saturated carbocycles. The van der Waals surface area contributed by atoms with Crippen molar-refractivity contribution in [2.75, 3.05) is 0 Å². The van der Waals surface area contributed by atoms with Crippen molar-refractivity contribution in [2.24, 2.45) is 0 Å². The van der Waals surface area contributed by atoms with E-state index in [2.05, 4.69) is 27.5 Å². The average molecular weight is 404 g/mol. The summed E-state index contributed by atoms with van der Waals surface area (Å²) in [5, 5.41) is 13.7. The van der Waals surface area contributed by atoms with Crippen LogP contribution in [0.2, 0.25) is 0 Å². The second kappa shape index (κ2) is 8.79. The zero-order chi connectivity index (χ0) is 20.1. The summed E-state index contributed by atoms with van der Waals surface area (Å²) in [6, 6.07) is 17.7. The zero-order valence-corrected chi connectivity index (χ0v) is 16.8. The molecule has 1 N–H and O–H groups in total. The van der Waals surface area contributed by atoms with Gasteiger partial charge in [0, 0.05) is 22.8 Å². The number of carbonyl (C=O) groups is 1. The van der Waals surface area contributed by atoms with Gasteiger partial charge in [0.05, 0.1) is 12.6 Å². The summed E-state index contributed by atoms with van der Waals surface area (Å²) in [7, 11) is 0. The molecule has 0 fully saturated rings. The van der Waals surface area contributed by atoms with Crippen LogP contribution < -0.4 is 5.32 Å². The average Bonchev–Trinajstić information content (AvgIpc) is 3.44. The molecule has 0 aliphatic heterocycles. The lowest BCUT2D eigenvalue weighted by atomic mass is 10.1. The molecular formula is C22H21N5OS. The number of amides is 1. The van der Waals surface area contributed by atoms with Crippen molar-refractivity contribution in [2.45, 2.75) is 25.9 Å². The van der Waals surface area contributed by atoms with Crippen LogP contribution in [0.5, 0.6) is 0 Å². The molecule has 0 bridgehead atoms. The van der Waals surface area contributed by atoms with Gasteiger partial charge in [0.1, 0.15) is 5.69 Å². The Labute approximate surface area is 173 Å². The maximum Gasteiger partial charge on any atom is 0.274 e. The summed E-state index contributed by atoms with van der Waals surface area (Å²) < 4.78 is 1.77. The van der Waals surface area contributed by atoms with Crippen LogP contribution >= 0.6 is 11.3 Å². The number of hydrogen-bond acceptors (Lipinski definition) is 5. The van der Waals surface area contributed by atoms with Gasteiger partial charge in [0.2, 0.25) is 0 Å². The fourth-order valence-corrected chi connectivity index (χ4v) is 4.08. The number of carbonyl (C=O) groups excluding carboxylic acids is 1. The number of nitrogens with one attached hydrogen (secondary N) is 1. The Morgan fingerprint density at radius 1 is 1.10 bits per heavy atom. The molecule has 0 spiro atoms. The molecule has 7 heteroatoms. The standard InChI is InChI=1S/C22H21N5OS/c1-2-18(19-9-6-14-29-19)24-22(28)20-21(17-10-12-23-13-11-17)27(26-25-20)15-16-7-4-3-5-8-16/h3-14,18H,2,15H2,1H3,(H,24,28)/t18-/m1/s1. The highest BCUT2D eigenvalue weighted by Crippen LogP contribution is 2.25. The highest BCUT2D eigenvalue weighted by atomic mass is 32.1. The molecule has 1 atom stereocenters. The number of pyridine rings is 1. The van der Waals surface area contributed by atoms with Gasteiger partial charge in [0.15, 0.2) is 5.69 Å². The van der Waals surface area contributed by atoms with Crippen LogP contribution in [0.15, 0.2) is 72.4 Å². The van der Waals surface area contributed by atoms with Crippen molar-refractivity contribution in [1.82, 2.24) is 25.3 Å². The smallest absolute Gasteiger partial charge is 0.274 e. The molecule has 6 nitrogen and oxygen atoms in total. The minimum absolute atomic E-state index is 0.0490. The topological polar surface area (TPSA) is 72.7 Å². The Bertz CT molecular complexity index is 1060. The van der Waals surface area contributed by atoms with Gasteiger partial charge in [-0.1, -0.05) is 48.5 Å². The van der Waals surface area contributed by atoms with E-state index in [1.807, 2.05) is 60.0 Å². The first-order valence-corrected chi connectivity index (χ1v) is 10.4. The highest BCUT2D eigenvalue weighted by molar-refractivity contribution is 7.10. The van der Waals surface area contributed by atoms with Gasteiger partial charge < -0.3 is 5.32 Å². The third-order valence-electron chi connectivity index (χ3n) is 4.68. The SMILES string of the molecule is CC[C@@H](NC(=O)c1nnn(Cc2ccccc2)c1-c1ccncc1)c1cccs1. The summed E-state index contributed by atoms with van der Waals surface area (Å²) >= 11 is 1.64. The molecule has 0 unspecified atom stereocenters. The van der Waals surface area contributed by atoms with Gasteiger partial charge in [-0.15, -0.1) is 16.4 Å². The van der Waals surface area contributed by atoms with Crippen molar-refractivity contribution in [3.05, 3.63) is 88.5 Å². The summed E-state index contributed by atoms with van der Waals surface area (Å²) in [5.74, 6) is -0.226. The first-order valence-electron chi connectivity index (χ1n) is 9.48. The molecule has 0 radical (unpaired) electrons. The molecule has 0 aliphatic rings. The van der Waals surface area contributed by atoms with E-state index in [4.69, 9.17) is 0 Å². The second-order valence-corrected chi connectivity index (χ2v) is 7.59. The number of rotatable bonds is 7. The van der Waals surface area contributed by atoms with Gasteiger partial charge >= 0.3 is 0 Å². The zero-order valence-electron chi connectivity index (χ0n) is 16.0. The quantitative estimate of drug-likeness (QED) is 0.498. The lowest BCUT2D eigenvalue weighted by Crippen LogP contribution is -2.28. The molecule has 0 aliphatic carbocycles. The summed E-state index contributed by atoms with van der Waals surface area (Å²) in [5.41, 5.74) is 2.96. The molecule has 4 rings (SSSR count). The third-order valence-corrected chi connectivity index (χ3v) is 5.67. The summed E-state index contributed by atoms with van der Waals surface area (Å²) in [6.07, 6.45) is 4.21. The van der Waals surface area contributed by atoms with Crippen LogP contribution in [0.3, 0.4) is 0 Å². The van der Waals surface area contributed by atoms with E-state index in [1.165, 1.54) is 0 Å². The van der Waals surface area contributed by atoms with Gasteiger partial charge in [0.25, 0.3) is 5.91 Å². The number of benzene rings is 1. The van der Waals surface area contributed by atoms with Crippen LogP contribution in [-0.4, -0.2) is 25.9 Å². The minimum Gasteiger partial charge on any atom is -0.343 e. The Kier molecular flexibility index (Phi) is 5.76. The lowest BCUT2D eigenvalue weighted by molar-refractivity contribution is 0.0932. The molecule has 146 valence electrons. The molecular weight excluding hydrogens is 382 g/mol. The first-order chi connectivity index (χ1) is 14.3. The van der Waals surface area contributed by atoms with Crippen LogP contribution in [0.4, 0.5) is 0 Å². The molecule has 29 heavy (non-hydrogen) atoms. The number of aromatic nitrogens is 4. The van der Waals surface area contributed by atoms with Crippen molar-refractivity contribution >= 4 is 17.2 Å². The summed E-state index contributed by atoms with van der Waals surface area (Å²) in [4.78, 5) is 18.3. The molecule has 3 aromatic heterocycles. The fraction of sp³-hybridized carbons (Fsp3) is 0.182. The van der Waals surface area contributed by atoms with Gasteiger partial charge in [-0.25, -0.2) is 4.68 Å². The van der Waals surface area contributed by atoms with Crippen LogP contribution in [0.1, 0.15) is 40.3 Å². The van der Waals surface area contributed by atoms with Crippen LogP contribution in [0.25, 0.3) is 11.3 Å². The van der Waals surface area contributed by atoms with E-state index in [0.717, 1.165) is 22.4 Å². The number of nitrogens with zero attached hydrogens (tertiary/aromatic N) is 4. The molecule has 1 amide bonds. The van der Waals surface area contributed by atoms with E-state index in [9.17, 15) is 4.79 Å². The van der Waals surface area contributed by atoms with Gasteiger partial charge in [-0.3, -0.25) is 9.78 Å². The number of hydrogen-bond donors (Lipinski definition) is 1. The predicted octanol–water partition coefficient (Wildman–Crippen LogP) is 4.33. The largest absolute Gasteiger partial charge is 0.343 e. The Morgan fingerprint density at radius 3 is 2.59 bits per heavy atom. The maximum atomic E-state index is 13.1. The third kappa shape index (κ3) is 4.25. The van der Waals surface area contributed by atoms with E-state index in [-0.39, 0.29) is 11.9 Å². The molecule has 1 aromatic carbocycles. The van der Waals surface area contributed by atoms with Gasteiger partial charge in [-0.05, 0) is 35.6 Å². The van der Waals surface area contributed by atoms with E-state index in [1.54, 1.807) is 28.4 Å². The van der Waals surface area contributed by atoms with Crippen molar-refractivity contribution in [1.29, 1.82) is 0 Å². The Balaban J connectivity index is 1.68. The van der Waals surface area contributed by atoms with Crippen LogP contribution in [-0.2, 0) is 6.54 Å². The summed E-state index contributed by atoms with van der Waals surface area (Å²) in [6.45, 7) is 2.58. The van der Waals surface area contributed by atoms with E-state index in [0.29, 0.717) is 17.9 Å². The highest BCUT2D eigenvalue weighted by Gasteiger charge is 2.24. The fourth-order valence-electron chi connectivity index (χ4n) is 3.22. The second-order valence-electron chi connectivity index (χ2n) is 6.62. The van der Waals surface area contributed by atoms with Crippen LogP contribution in [0, 0.1) is 0 Å². The maximum absolute atomic E-state index is 13.1. The number of thiophene rings is 1. The van der Waals surface area contributed by atoms with Crippen molar-refractivity contribution in [3.63, 3.8) is 0 Å². The predicted molar refractivity (Wildman–Crippen MR) is 114 cm³/mol. The monoisotopic (exact) mass is 403 g/mol. The minimum atomic E-state index is -0.226. The van der Waals surface area contributed by atoms with E-state index < -0.39 is 0 Å². The van der Waals surface area contributed by atoms with Crippen molar-refractivity contribution < 1.29 is 4.79 Å². The molecule has 0 saturated heterocycles. The van der Waals surface area contributed by atoms with Crippen molar-refractivity contribution in [3.8, 4) is 11.3 Å². The Morgan fingerprint density at radius 2 is 1.90 bits per heavy atom. The lowest BCUT2D eigenvalue weighted by Gasteiger charge is -2.15. The molecule has 4 aromatic rings. The first kappa shape index (κ1) is 19.0. The normalized spacial score (nSPS) is 11.9. The molecule has 3 heterocycles. The van der Waals surface area contributed by atoms with E-state index >= 15 is 0 Å².